The first kappa shape index (κ1) is 21.4. The third-order valence-corrected chi connectivity index (χ3v) is 7.37. The number of ether oxygens (including phenoxy) is 1. The van der Waals surface area contributed by atoms with Gasteiger partial charge < -0.3 is 10.1 Å². The molecule has 0 spiro atoms. The second-order valence-corrected chi connectivity index (χ2v) is 9.41. The van der Waals surface area contributed by atoms with Crippen molar-refractivity contribution >= 4 is 39.6 Å². The molecular formula is C26H25N3O3S. The van der Waals surface area contributed by atoms with E-state index < -0.39 is 0 Å². The molecule has 0 saturated carbocycles. The van der Waals surface area contributed by atoms with Crippen molar-refractivity contribution in [3.63, 3.8) is 0 Å². The monoisotopic (exact) mass is 459 g/mol. The molecule has 2 aliphatic rings. The minimum atomic E-state index is -0.223. The number of nitrogens with one attached hydrogen (secondary N) is 1. The van der Waals surface area contributed by atoms with Crippen LogP contribution in [-0.2, 0) is 22.4 Å². The molecule has 0 atom stereocenters. The summed E-state index contributed by atoms with van der Waals surface area (Å²) in [7, 11) is 1.64. The summed E-state index contributed by atoms with van der Waals surface area (Å²) in [6.07, 6.45) is 3.07. The van der Waals surface area contributed by atoms with E-state index in [1.54, 1.807) is 23.3 Å². The van der Waals surface area contributed by atoms with Gasteiger partial charge in [0.05, 0.1) is 12.8 Å². The summed E-state index contributed by atoms with van der Waals surface area (Å²) in [5.74, 6) is 0.382. The Bertz CT molecular complexity index is 1240. The van der Waals surface area contributed by atoms with Crippen molar-refractivity contribution in [3.05, 3.63) is 75.7 Å². The van der Waals surface area contributed by atoms with Gasteiger partial charge in [0.25, 0.3) is 0 Å². The van der Waals surface area contributed by atoms with Crippen LogP contribution in [0.25, 0.3) is 0 Å². The van der Waals surface area contributed by atoms with Crippen LogP contribution < -0.4 is 15.0 Å². The minimum absolute atomic E-state index is 0.00927. The molecule has 7 heteroatoms. The minimum Gasteiger partial charge on any atom is -0.497 e. The maximum Gasteiger partial charge on any atom is 0.249 e. The number of hydrogen-bond acceptors (Lipinski definition) is 5. The van der Waals surface area contributed by atoms with Crippen molar-refractivity contribution in [1.29, 1.82) is 0 Å². The van der Waals surface area contributed by atoms with E-state index in [2.05, 4.69) is 5.32 Å². The van der Waals surface area contributed by atoms with Gasteiger partial charge in [0, 0.05) is 21.7 Å². The molecule has 168 valence electrons. The molecule has 1 aromatic heterocycles. The van der Waals surface area contributed by atoms with E-state index in [0.29, 0.717) is 0 Å². The van der Waals surface area contributed by atoms with Crippen molar-refractivity contribution in [2.75, 3.05) is 30.4 Å². The highest BCUT2D eigenvalue weighted by molar-refractivity contribution is 7.17. The number of benzene rings is 2. The average Bonchev–Trinajstić information content (AvgIpc) is 3.38. The highest BCUT2D eigenvalue weighted by Crippen LogP contribution is 2.43. The van der Waals surface area contributed by atoms with Gasteiger partial charge in [-0.15, -0.1) is 11.3 Å². The number of rotatable bonds is 5. The lowest BCUT2D eigenvalue weighted by Gasteiger charge is -2.20. The molecule has 1 aliphatic heterocycles. The smallest absolute Gasteiger partial charge is 0.249 e. The second kappa shape index (κ2) is 8.83. The number of aryl methyl sites for hydroxylation is 2. The van der Waals surface area contributed by atoms with Gasteiger partial charge in [0.15, 0.2) is 0 Å². The molecule has 5 rings (SSSR count). The first-order chi connectivity index (χ1) is 16.0. The van der Waals surface area contributed by atoms with Crippen LogP contribution in [0, 0.1) is 6.92 Å². The van der Waals surface area contributed by atoms with Crippen molar-refractivity contribution in [3.8, 4) is 5.75 Å². The second-order valence-electron chi connectivity index (χ2n) is 8.32. The van der Waals surface area contributed by atoms with Crippen LogP contribution in [0.4, 0.5) is 10.7 Å². The molecule has 0 saturated heterocycles. The summed E-state index contributed by atoms with van der Waals surface area (Å²) in [5, 5.41) is 3.74. The number of anilines is 2. The van der Waals surface area contributed by atoms with Gasteiger partial charge in [-0.1, -0.05) is 17.7 Å². The van der Waals surface area contributed by atoms with Gasteiger partial charge in [0.1, 0.15) is 23.8 Å². The van der Waals surface area contributed by atoms with Crippen LogP contribution >= 0.6 is 11.3 Å². The van der Waals surface area contributed by atoms with E-state index in [0.717, 1.165) is 58.1 Å². The van der Waals surface area contributed by atoms with E-state index in [9.17, 15) is 9.59 Å². The number of aliphatic imine (C=N–C) groups is 1. The van der Waals surface area contributed by atoms with Crippen molar-refractivity contribution in [2.45, 2.75) is 26.2 Å². The summed E-state index contributed by atoms with van der Waals surface area (Å²) in [6.45, 7) is 1.97. The Morgan fingerprint density at radius 1 is 1.12 bits per heavy atom. The average molecular weight is 460 g/mol. The summed E-state index contributed by atoms with van der Waals surface area (Å²) < 4.78 is 5.30. The quantitative estimate of drug-likeness (QED) is 0.616. The van der Waals surface area contributed by atoms with Crippen molar-refractivity contribution in [1.82, 2.24) is 0 Å². The largest absolute Gasteiger partial charge is 0.497 e. The zero-order valence-electron chi connectivity index (χ0n) is 18.7. The first-order valence-corrected chi connectivity index (χ1v) is 11.9. The van der Waals surface area contributed by atoms with Crippen LogP contribution in [0.2, 0.25) is 0 Å². The van der Waals surface area contributed by atoms with Gasteiger partial charge in [0.2, 0.25) is 11.8 Å². The molecule has 2 aromatic carbocycles. The summed E-state index contributed by atoms with van der Waals surface area (Å²) in [5.41, 5.74) is 5.88. The Hall–Kier alpha value is -3.45. The molecule has 0 radical (unpaired) electrons. The summed E-state index contributed by atoms with van der Waals surface area (Å²) in [4.78, 5) is 33.7. The van der Waals surface area contributed by atoms with E-state index in [1.807, 2.05) is 55.5 Å². The number of nitrogens with zero attached hydrogens (tertiary/aromatic N) is 2. The zero-order chi connectivity index (χ0) is 22.9. The highest BCUT2D eigenvalue weighted by Gasteiger charge is 2.33. The number of thiophene rings is 1. The molecule has 1 aliphatic carbocycles. The van der Waals surface area contributed by atoms with Crippen molar-refractivity contribution < 1.29 is 14.3 Å². The normalized spacial score (nSPS) is 14.9. The fourth-order valence-corrected chi connectivity index (χ4v) is 5.78. The number of hydrogen-bond donors (Lipinski definition) is 1. The molecule has 3 aromatic rings. The summed E-state index contributed by atoms with van der Waals surface area (Å²) >= 11 is 1.63. The third kappa shape index (κ3) is 4.16. The van der Waals surface area contributed by atoms with Gasteiger partial charge >= 0.3 is 0 Å². The molecule has 0 bridgehead atoms. The summed E-state index contributed by atoms with van der Waals surface area (Å²) in [6, 6.07) is 15.4. The van der Waals surface area contributed by atoms with Crippen LogP contribution in [-0.4, -0.2) is 37.7 Å². The number of carbonyl (C=O) groups is 2. The molecule has 0 unspecified atom stereocenters. The molecular weight excluding hydrogens is 434 g/mol. The first-order valence-electron chi connectivity index (χ1n) is 11.0. The lowest BCUT2D eigenvalue weighted by molar-refractivity contribution is -0.120. The SMILES string of the molecule is COc1ccc(C2=NCC(=O)N(CC(=O)Nc3ccc(C)cc3)c3sc4c(c32)CCC4)cc1. The van der Waals surface area contributed by atoms with Crippen molar-refractivity contribution in [2.24, 2.45) is 4.99 Å². The fraction of sp³-hybridized carbons (Fsp3) is 0.269. The molecule has 1 N–H and O–H groups in total. The van der Waals surface area contributed by atoms with Gasteiger partial charge in [-0.05, 0) is 68.1 Å². The molecule has 2 heterocycles. The highest BCUT2D eigenvalue weighted by atomic mass is 32.1. The number of carbonyl (C=O) groups excluding carboxylic acids is 2. The molecule has 33 heavy (non-hydrogen) atoms. The Morgan fingerprint density at radius 3 is 2.61 bits per heavy atom. The van der Waals surface area contributed by atoms with Gasteiger partial charge in [-0.2, -0.15) is 0 Å². The Kier molecular flexibility index (Phi) is 5.72. The van der Waals surface area contributed by atoms with Gasteiger partial charge in [-0.25, -0.2) is 0 Å². The Labute approximate surface area is 196 Å². The number of fused-ring (bicyclic) bond motifs is 3. The Morgan fingerprint density at radius 2 is 1.88 bits per heavy atom. The molecule has 0 fully saturated rings. The van der Waals surface area contributed by atoms with E-state index in [-0.39, 0.29) is 24.9 Å². The fourth-order valence-electron chi connectivity index (χ4n) is 4.37. The lowest BCUT2D eigenvalue weighted by atomic mass is 9.99. The van der Waals surface area contributed by atoms with E-state index in [1.165, 1.54) is 10.4 Å². The van der Waals surface area contributed by atoms with Crippen LogP contribution in [0.15, 0.2) is 53.5 Å². The predicted octanol–water partition coefficient (Wildman–Crippen LogP) is 4.38. The Balaban J connectivity index is 1.49. The standard InChI is InChI=1S/C26H25N3O3S/c1-16-6-10-18(11-7-16)28-22(30)15-29-23(31)14-27-25(17-8-12-19(32-2)13-9-17)24-20-4-3-5-21(20)33-26(24)29/h6-13H,3-5,14-15H2,1-2H3,(H,28,30). The van der Waals surface area contributed by atoms with Crippen LogP contribution in [0.5, 0.6) is 5.75 Å². The molecule has 2 amide bonds. The topological polar surface area (TPSA) is 71.0 Å². The lowest BCUT2D eigenvalue weighted by Crippen LogP contribution is -2.38. The van der Waals surface area contributed by atoms with Gasteiger partial charge in [-0.3, -0.25) is 19.5 Å². The number of amides is 2. The van der Waals surface area contributed by atoms with E-state index in [4.69, 9.17) is 9.73 Å². The van der Waals surface area contributed by atoms with Crippen LogP contribution in [0.3, 0.4) is 0 Å². The number of methoxy groups -OCH3 is 1. The maximum absolute atomic E-state index is 13.1. The zero-order valence-corrected chi connectivity index (χ0v) is 19.5. The predicted molar refractivity (Wildman–Crippen MR) is 132 cm³/mol. The third-order valence-electron chi connectivity index (χ3n) is 6.06. The molecule has 6 nitrogen and oxygen atoms in total. The van der Waals surface area contributed by atoms with Crippen LogP contribution in [0.1, 0.15) is 33.6 Å². The maximum atomic E-state index is 13.1. The van der Waals surface area contributed by atoms with E-state index >= 15 is 0 Å².